The van der Waals surface area contributed by atoms with E-state index >= 15 is 0 Å². The highest BCUT2D eigenvalue weighted by Gasteiger charge is 2.22. The first-order valence-corrected chi connectivity index (χ1v) is 8.23. The summed E-state index contributed by atoms with van der Waals surface area (Å²) in [7, 11) is 0. The number of H-pyrrole nitrogens is 1. The van der Waals surface area contributed by atoms with Gasteiger partial charge >= 0.3 is 0 Å². The first-order chi connectivity index (χ1) is 12.2. The second kappa shape index (κ2) is 6.52. The normalized spacial score (nSPS) is 14.3. The third kappa shape index (κ3) is 3.32. The minimum atomic E-state index is -0.0887. The molecule has 3 aromatic heterocycles. The van der Waals surface area contributed by atoms with E-state index in [1.165, 1.54) is 0 Å². The Kier molecular flexibility index (Phi) is 4.07. The van der Waals surface area contributed by atoms with E-state index in [9.17, 15) is 4.79 Å². The van der Waals surface area contributed by atoms with Crippen molar-refractivity contribution in [2.24, 2.45) is 0 Å². The summed E-state index contributed by atoms with van der Waals surface area (Å²) in [4.78, 5) is 35.1. The van der Waals surface area contributed by atoms with Crippen LogP contribution in [0, 0.1) is 6.92 Å². The monoisotopic (exact) mass is 334 g/mol. The summed E-state index contributed by atoms with van der Waals surface area (Å²) >= 11 is 0. The number of rotatable bonds is 3. The van der Waals surface area contributed by atoms with E-state index in [0.717, 1.165) is 35.7 Å². The van der Waals surface area contributed by atoms with Gasteiger partial charge in [0.1, 0.15) is 11.5 Å². The predicted molar refractivity (Wildman–Crippen MR) is 92.7 cm³/mol. The average molecular weight is 334 g/mol. The van der Waals surface area contributed by atoms with Crippen LogP contribution in [0.5, 0.6) is 0 Å². The molecule has 1 aliphatic rings. The molecule has 0 saturated carbocycles. The van der Waals surface area contributed by atoms with Gasteiger partial charge in [-0.2, -0.15) is 0 Å². The molecule has 0 bridgehead atoms. The Bertz CT molecular complexity index is 953. The van der Waals surface area contributed by atoms with E-state index in [2.05, 4.69) is 29.8 Å². The van der Waals surface area contributed by atoms with Crippen LogP contribution in [0.2, 0.25) is 0 Å². The third-order valence-corrected chi connectivity index (χ3v) is 4.27. The van der Waals surface area contributed by atoms with E-state index in [-0.39, 0.29) is 5.56 Å². The number of hydrogen-bond donors (Lipinski definition) is 1. The quantitative estimate of drug-likeness (QED) is 0.781. The van der Waals surface area contributed by atoms with E-state index in [1.54, 1.807) is 12.4 Å². The Morgan fingerprint density at radius 1 is 1.16 bits per heavy atom. The van der Waals surface area contributed by atoms with Gasteiger partial charge in [0, 0.05) is 38.4 Å². The van der Waals surface area contributed by atoms with Crippen LogP contribution < -0.4 is 5.56 Å². The molecule has 1 N–H and O–H groups in total. The van der Waals surface area contributed by atoms with Crippen molar-refractivity contribution in [3.63, 3.8) is 0 Å². The Labute approximate surface area is 144 Å². The van der Waals surface area contributed by atoms with Crippen molar-refractivity contribution in [3.05, 3.63) is 69.8 Å². The number of aryl methyl sites for hydroxylation is 1. The molecule has 1 aliphatic heterocycles. The SMILES string of the molecule is Cc1nccc(CN2CCc3nc(-c4ccccn4)[nH]c(=O)c3C2)n1. The molecule has 7 nitrogen and oxygen atoms in total. The Morgan fingerprint density at radius 2 is 2.08 bits per heavy atom. The Balaban J connectivity index is 1.58. The van der Waals surface area contributed by atoms with Crippen molar-refractivity contribution in [1.82, 2.24) is 29.8 Å². The summed E-state index contributed by atoms with van der Waals surface area (Å²) < 4.78 is 0. The topological polar surface area (TPSA) is 87.7 Å². The maximum absolute atomic E-state index is 12.5. The average Bonchev–Trinajstić information content (AvgIpc) is 2.63. The molecular weight excluding hydrogens is 316 g/mol. The lowest BCUT2D eigenvalue weighted by atomic mass is 10.1. The minimum absolute atomic E-state index is 0.0887. The van der Waals surface area contributed by atoms with Gasteiger partial charge in [0.2, 0.25) is 0 Å². The lowest BCUT2D eigenvalue weighted by Gasteiger charge is -2.27. The molecule has 0 radical (unpaired) electrons. The van der Waals surface area contributed by atoms with Crippen LogP contribution in [0.25, 0.3) is 11.5 Å². The molecule has 0 fully saturated rings. The van der Waals surface area contributed by atoms with Gasteiger partial charge in [-0.25, -0.2) is 15.0 Å². The Morgan fingerprint density at radius 3 is 2.88 bits per heavy atom. The molecule has 126 valence electrons. The molecule has 0 atom stereocenters. The van der Waals surface area contributed by atoms with Gasteiger partial charge in [0.05, 0.1) is 17.0 Å². The Hall–Kier alpha value is -2.93. The number of nitrogens with one attached hydrogen (secondary N) is 1. The molecule has 0 amide bonds. The summed E-state index contributed by atoms with van der Waals surface area (Å²) in [5, 5.41) is 0. The minimum Gasteiger partial charge on any atom is -0.305 e. The zero-order chi connectivity index (χ0) is 17.2. The van der Waals surface area contributed by atoms with Gasteiger partial charge in [0.15, 0.2) is 5.82 Å². The first kappa shape index (κ1) is 15.6. The molecule has 0 unspecified atom stereocenters. The molecule has 0 spiro atoms. The highest BCUT2D eigenvalue weighted by molar-refractivity contribution is 5.49. The summed E-state index contributed by atoms with van der Waals surface area (Å²) in [6, 6.07) is 7.48. The number of nitrogens with zero attached hydrogens (tertiary/aromatic N) is 5. The second-order valence-electron chi connectivity index (χ2n) is 6.11. The summed E-state index contributed by atoms with van der Waals surface area (Å²) in [5.74, 6) is 1.29. The van der Waals surface area contributed by atoms with Gasteiger partial charge in [0.25, 0.3) is 5.56 Å². The molecule has 4 heterocycles. The molecule has 0 aromatic carbocycles. The number of hydrogen-bond acceptors (Lipinski definition) is 6. The number of aromatic nitrogens is 5. The summed E-state index contributed by atoms with van der Waals surface area (Å²) in [6.45, 7) is 3.99. The highest BCUT2D eigenvalue weighted by Crippen LogP contribution is 2.18. The number of aromatic amines is 1. The smallest absolute Gasteiger partial charge is 0.255 e. The molecular formula is C18H18N6O. The lowest BCUT2D eigenvalue weighted by Crippen LogP contribution is -2.35. The molecule has 4 rings (SSSR count). The van der Waals surface area contributed by atoms with Crippen LogP contribution in [-0.2, 0) is 19.5 Å². The van der Waals surface area contributed by atoms with Crippen molar-refractivity contribution in [1.29, 1.82) is 0 Å². The standard InChI is InChI=1S/C18H18N6O/c1-12-19-8-5-13(21-12)10-24-9-6-15-14(11-24)18(25)23-17(22-15)16-4-2-3-7-20-16/h2-5,7-8H,6,9-11H2,1H3,(H,22,23,25). The van der Waals surface area contributed by atoms with Crippen LogP contribution in [0.1, 0.15) is 22.8 Å². The van der Waals surface area contributed by atoms with Crippen molar-refractivity contribution in [2.75, 3.05) is 6.54 Å². The molecule has 0 saturated heterocycles. The fraction of sp³-hybridized carbons (Fsp3) is 0.278. The number of fused-ring (bicyclic) bond motifs is 1. The van der Waals surface area contributed by atoms with Crippen molar-refractivity contribution in [3.8, 4) is 11.5 Å². The van der Waals surface area contributed by atoms with Crippen LogP contribution in [-0.4, -0.2) is 36.4 Å². The molecule has 7 heteroatoms. The highest BCUT2D eigenvalue weighted by atomic mass is 16.1. The fourth-order valence-electron chi connectivity index (χ4n) is 3.06. The number of pyridine rings is 1. The van der Waals surface area contributed by atoms with Crippen LogP contribution in [0.4, 0.5) is 0 Å². The van der Waals surface area contributed by atoms with Crippen LogP contribution in [0.3, 0.4) is 0 Å². The van der Waals surface area contributed by atoms with E-state index in [1.807, 2.05) is 31.2 Å². The van der Waals surface area contributed by atoms with Crippen LogP contribution >= 0.6 is 0 Å². The van der Waals surface area contributed by atoms with Crippen LogP contribution in [0.15, 0.2) is 41.5 Å². The first-order valence-electron chi connectivity index (χ1n) is 8.23. The summed E-state index contributed by atoms with van der Waals surface area (Å²) in [5.41, 5.74) is 3.15. The zero-order valence-corrected chi connectivity index (χ0v) is 13.9. The van der Waals surface area contributed by atoms with Crippen molar-refractivity contribution < 1.29 is 0 Å². The maximum Gasteiger partial charge on any atom is 0.255 e. The van der Waals surface area contributed by atoms with E-state index < -0.39 is 0 Å². The second-order valence-corrected chi connectivity index (χ2v) is 6.11. The van der Waals surface area contributed by atoms with Gasteiger partial charge in [-0.05, 0) is 25.1 Å². The van der Waals surface area contributed by atoms with E-state index in [4.69, 9.17) is 0 Å². The van der Waals surface area contributed by atoms with Gasteiger partial charge < -0.3 is 4.98 Å². The van der Waals surface area contributed by atoms with Gasteiger partial charge in [-0.3, -0.25) is 14.7 Å². The maximum atomic E-state index is 12.5. The van der Waals surface area contributed by atoms with Crippen molar-refractivity contribution >= 4 is 0 Å². The van der Waals surface area contributed by atoms with E-state index in [0.29, 0.717) is 24.6 Å². The lowest BCUT2D eigenvalue weighted by molar-refractivity contribution is 0.238. The third-order valence-electron chi connectivity index (χ3n) is 4.27. The van der Waals surface area contributed by atoms with Gasteiger partial charge in [-0.1, -0.05) is 6.07 Å². The zero-order valence-electron chi connectivity index (χ0n) is 13.9. The summed E-state index contributed by atoms with van der Waals surface area (Å²) in [6.07, 6.45) is 4.20. The molecule has 3 aromatic rings. The van der Waals surface area contributed by atoms with Crippen molar-refractivity contribution in [2.45, 2.75) is 26.4 Å². The predicted octanol–water partition coefficient (Wildman–Crippen LogP) is 1.49. The molecule has 25 heavy (non-hydrogen) atoms. The van der Waals surface area contributed by atoms with Gasteiger partial charge in [-0.15, -0.1) is 0 Å². The largest absolute Gasteiger partial charge is 0.305 e. The fourth-order valence-corrected chi connectivity index (χ4v) is 3.06. The molecule has 0 aliphatic carbocycles.